The van der Waals surface area contributed by atoms with Crippen LogP contribution in [0.5, 0.6) is 0 Å². The van der Waals surface area contributed by atoms with Crippen LogP contribution in [0.2, 0.25) is 5.02 Å². The molecule has 4 heteroatoms. The first kappa shape index (κ1) is 27.7. The summed E-state index contributed by atoms with van der Waals surface area (Å²) >= 11 is 6.82. The molecule has 1 amide bonds. The molecule has 0 radical (unpaired) electrons. The maximum absolute atomic E-state index is 12.7. The van der Waals surface area contributed by atoms with Crippen LogP contribution in [0, 0.1) is 5.92 Å². The molecule has 1 unspecified atom stereocenters. The third-order valence-electron chi connectivity index (χ3n) is 7.64. The summed E-state index contributed by atoms with van der Waals surface area (Å²) < 4.78 is 5.30. The highest BCUT2D eigenvalue weighted by molar-refractivity contribution is 6.33. The second kappa shape index (κ2) is 14.7. The number of hydrogen-bond donors (Lipinski definition) is 0. The minimum absolute atomic E-state index is 0.265. The molecular weight excluding hydrogens is 454 g/mol. The van der Waals surface area contributed by atoms with Gasteiger partial charge in [0.05, 0.1) is 0 Å². The fourth-order valence-electron chi connectivity index (χ4n) is 5.56. The summed E-state index contributed by atoms with van der Waals surface area (Å²) in [6, 6.07) is 15.2. The maximum Gasteiger partial charge on any atom is 0.225 e. The average molecular weight is 498 g/mol. The molecule has 0 N–H and O–H groups in total. The molecule has 0 aromatic heterocycles. The Balaban J connectivity index is 1.70. The van der Waals surface area contributed by atoms with Crippen LogP contribution < -0.4 is 0 Å². The van der Waals surface area contributed by atoms with E-state index in [9.17, 15) is 4.79 Å². The van der Waals surface area contributed by atoms with Crippen molar-refractivity contribution in [3.63, 3.8) is 0 Å². The smallest absolute Gasteiger partial charge is 0.225 e. The number of unbranched alkanes of at least 4 members (excludes halogenated alkanes) is 2. The summed E-state index contributed by atoms with van der Waals surface area (Å²) in [7, 11) is 3.76. The molecular formula is C31H44ClNO2. The van der Waals surface area contributed by atoms with Crippen molar-refractivity contribution >= 4 is 17.5 Å². The molecule has 1 aliphatic carbocycles. The highest BCUT2D eigenvalue weighted by Crippen LogP contribution is 2.39. The van der Waals surface area contributed by atoms with Crippen molar-refractivity contribution in [3.8, 4) is 11.1 Å². The van der Waals surface area contributed by atoms with Crippen LogP contribution in [-0.4, -0.2) is 38.1 Å². The number of halogens is 1. The van der Waals surface area contributed by atoms with Gasteiger partial charge in [-0.2, -0.15) is 0 Å². The summed E-state index contributed by atoms with van der Waals surface area (Å²) in [6.07, 6.45) is 12.2. The number of ether oxygens (including phenoxy) is 1. The third kappa shape index (κ3) is 8.08. The zero-order valence-electron chi connectivity index (χ0n) is 22.0. The number of aryl methyl sites for hydroxylation is 1. The van der Waals surface area contributed by atoms with Gasteiger partial charge in [0.25, 0.3) is 0 Å². The van der Waals surface area contributed by atoms with Gasteiger partial charge in [-0.25, -0.2) is 0 Å². The van der Waals surface area contributed by atoms with Gasteiger partial charge < -0.3 is 9.64 Å². The minimum atomic E-state index is 0.265. The Morgan fingerprint density at radius 1 is 1.06 bits per heavy atom. The van der Waals surface area contributed by atoms with Crippen molar-refractivity contribution in [1.82, 2.24) is 4.90 Å². The summed E-state index contributed by atoms with van der Waals surface area (Å²) in [5, 5.41) is 0.833. The minimum Gasteiger partial charge on any atom is -0.385 e. The molecule has 2 aromatic carbocycles. The fourth-order valence-corrected chi connectivity index (χ4v) is 5.85. The summed E-state index contributed by atoms with van der Waals surface area (Å²) in [5.74, 6) is 1.06. The van der Waals surface area contributed by atoms with Crippen molar-refractivity contribution in [2.45, 2.75) is 83.5 Å². The van der Waals surface area contributed by atoms with E-state index >= 15 is 0 Å². The first-order valence-corrected chi connectivity index (χ1v) is 14.0. The van der Waals surface area contributed by atoms with Crippen LogP contribution in [0.15, 0.2) is 42.5 Å². The van der Waals surface area contributed by atoms with Crippen LogP contribution in [-0.2, 0) is 16.0 Å². The molecule has 3 nitrogen and oxygen atoms in total. The number of nitrogens with zero attached hydrogens (tertiary/aromatic N) is 1. The van der Waals surface area contributed by atoms with Gasteiger partial charge in [-0.05, 0) is 73.6 Å². The SMILES string of the molecule is CCc1cccc(-c2c(Cl)cccc2C(CCCCOC)CCCCN(C)C(=O)C2CCCC2)c1. The lowest BCUT2D eigenvalue weighted by Crippen LogP contribution is -2.32. The highest BCUT2D eigenvalue weighted by atomic mass is 35.5. The summed E-state index contributed by atoms with van der Waals surface area (Å²) in [5.41, 5.74) is 5.10. The topological polar surface area (TPSA) is 29.5 Å². The monoisotopic (exact) mass is 497 g/mol. The first-order chi connectivity index (χ1) is 17.0. The Bertz CT molecular complexity index is 922. The van der Waals surface area contributed by atoms with E-state index in [4.69, 9.17) is 16.3 Å². The predicted octanol–water partition coefficient (Wildman–Crippen LogP) is 8.29. The molecule has 3 rings (SSSR count). The second-order valence-corrected chi connectivity index (χ2v) is 10.6. The van der Waals surface area contributed by atoms with Crippen molar-refractivity contribution in [1.29, 1.82) is 0 Å². The van der Waals surface area contributed by atoms with Gasteiger partial charge in [-0.1, -0.05) is 80.6 Å². The van der Waals surface area contributed by atoms with Gasteiger partial charge in [0.2, 0.25) is 5.91 Å². The maximum atomic E-state index is 12.7. The van der Waals surface area contributed by atoms with Crippen molar-refractivity contribution in [2.75, 3.05) is 27.3 Å². The molecule has 0 heterocycles. The van der Waals surface area contributed by atoms with Crippen LogP contribution in [0.1, 0.15) is 88.2 Å². The molecule has 1 atom stereocenters. The molecule has 0 bridgehead atoms. The molecule has 2 aromatic rings. The average Bonchev–Trinajstić information content (AvgIpc) is 3.42. The second-order valence-electron chi connectivity index (χ2n) is 10.2. The molecule has 192 valence electrons. The zero-order valence-corrected chi connectivity index (χ0v) is 22.8. The van der Waals surface area contributed by atoms with Crippen molar-refractivity contribution in [3.05, 3.63) is 58.6 Å². The van der Waals surface area contributed by atoms with Gasteiger partial charge >= 0.3 is 0 Å². The Morgan fingerprint density at radius 2 is 1.77 bits per heavy atom. The van der Waals surface area contributed by atoms with E-state index in [2.05, 4.69) is 43.3 Å². The quantitative estimate of drug-likeness (QED) is 0.246. The fraction of sp³-hybridized carbons (Fsp3) is 0.581. The lowest BCUT2D eigenvalue weighted by atomic mass is 9.84. The van der Waals surface area contributed by atoms with Crippen molar-refractivity contribution < 1.29 is 9.53 Å². The number of carbonyl (C=O) groups excluding carboxylic acids is 1. The van der Waals surface area contributed by atoms with Gasteiger partial charge in [-0.15, -0.1) is 0 Å². The normalized spacial score (nSPS) is 14.9. The highest BCUT2D eigenvalue weighted by Gasteiger charge is 2.25. The van der Waals surface area contributed by atoms with Gasteiger partial charge in [-0.3, -0.25) is 4.79 Å². The van der Waals surface area contributed by atoms with Gasteiger partial charge in [0.1, 0.15) is 0 Å². The van der Waals surface area contributed by atoms with Gasteiger partial charge in [0.15, 0.2) is 0 Å². The number of benzene rings is 2. The van der Waals surface area contributed by atoms with Crippen molar-refractivity contribution in [2.24, 2.45) is 5.92 Å². The van der Waals surface area contributed by atoms with Crippen LogP contribution in [0.25, 0.3) is 11.1 Å². The van der Waals surface area contributed by atoms with E-state index in [0.29, 0.717) is 11.8 Å². The standard InChI is InChI=1S/C31H44ClNO2/c1-4-24-13-11-18-27(23-24)30-28(19-12-20-29(30)32)25(15-8-10-22-35-3)14-7-9-21-33(2)31(34)26-16-5-6-17-26/h11-13,18-20,23,25-26H,4-10,14-17,21-22H2,1-3H3. The largest absolute Gasteiger partial charge is 0.385 e. The molecule has 0 spiro atoms. The zero-order chi connectivity index (χ0) is 25.0. The van der Waals surface area contributed by atoms with Crippen LogP contribution in [0.3, 0.4) is 0 Å². The Kier molecular flexibility index (Phi) is 11.6. The van der Waals surface area contributed by atoms with E-state index in [0.717, 1.165) is 76.0 Å². The molecule has 1 aliphatic rings. The van der Waals surface area contributed by atoms with Crippen LogP contribution >= 0.6 is 11.6 Å². The Morgan fingerprint density at radius 3 is 2.49 bits per heavy atom. The van der Waals surface area contributed by atoms with E-state index in [1.807, 2.05) is 18.0 Å². The molecule has 0 aliphatic heterocycles. The molecule has 1 fully saturated rings. The predicted molar refractivity (Wildman–Crippen MR) is 148 cm³/mol. The van der Waals surface area contributed by atoms with Crippen LogP contribution in [0.4, 0.5) is 0 Å². The lowest BCUT2D eigenvalue weighted by Gasteiger charge is -2.24. The first-order valence-electron chi connectivity index (χ1n) is 13.7. The van der Waals surface area contributed by atoms with E-state index in [1.165, 1.54) is 35.1 Å². The number of rotatable bonds is 14. The molecule has 35 heavy (non-hydrogen) atoms. The lowest BCUT2D eigenvalue weighted by molar-refractivity contribution is -0.134. The Labute approximate surface area is 218 Å². The Hall–Kier alpha value is -1.84. The number of amides is 1. The molecule has 1 saturated carbocycles. The summed E-state index contributed by atoms with van der Waals surface area (Å²) in [6.45, 7) is 3.86. The number of hydrogen-bond acceptors (Lipinski definition) is 2. The van der Waals surface area contributed by atoms with E-state index in [-0.39, 0.29) is 5.92 Å². The van der Waals surface area contributed by atoms with E-state index < -0.39 is 0 Å². The van der Waals surface area contributed by atoms with E-state index in [1.54, 1.807) is 7.11 Å². The molecule has 0 saturated heterocycles. The third-order valence-corrected chi connectivity index (χ3v) is 7.95. The summed E-state index contributed by atoms with van der Waals surface area (Å²) in [4.78, 5) is 14.7. The van der Waals surface area contributed by atoms with Gasteiger partial charge in [0, 0.05) is 43.8 Å². The number of carbonyl (C=O) groups is 1. The number of methoxy groups -OCH3 is 1.